The number of halogens is 2. The Morgan fingerprint density at radius 2 is 2.09 bits per heavy atom. The number of hydrazone groups is 1. The average Bonchev–Trinajstić information content (AvgIpc) is 2.51. The molecule has 0 radical (unpaired) electrons. The van der Waals surface area contributed by atoms with Gasteiger partial charge in [-0.25, -0.2) is 5.43 Å². The van der Waals surface area contributed by atoms with E-state index in [2.05, 4.69) is 10.5 Å². The number of nitrogens with one attached hydrogen (secondary N) is 1. The molecule has 1 amide bonds. The van der Waals surface area contributed by atoms with Gasteiger partial charge in [0.25, 0.3) is 5.91 Å². The summed E-state index contributed by atoms with van der Waals surface area (Å²) in [6.07, 6.45) is 7.19. The number of nitrogens with zero attached hydrogens (tertiary/aromatic N) is 1. The topological polar surface area (TPSA) is 50.7 Å². The highest BCUT2D eigenvalue weighted by atomic mass is 35.5. The number of carbonyl (C=O) groups excluding carboxylic acids is 1. The second-order valence-electron chi connectivity index (χ2n) is 5.49. The lowest BCUT2D eigenvalue weighted by Gasteiger charge is -2.17. The Hall–Kier alpha value is -1.26. The van der Waals surface area contributed by atoms with Crippen molar-refractivity contribution in [2.24, 2.45) is 11.0 Å². The zero-order valence-corrected chi connectivity index (χ0v) is 14.0. The van der Waals surface area contributed by atoms with Gasteiger partial charge in [-0.1, -0.05) is 42.5 Å². The molecular formula is C16H20Cl2N2O2. The molecule has 1 N–H and O–H groups in total. The van der Waals surface area contributed by atoms with Crippen LogP contribution >= 0.6 is 23.2 Å². The van der Waals surface area contributed by atoms with Crippen LogP contribution in [-0.4, -0.2) is 18.2 Å². The van der Waals surface area contributed by atoms with Crippen LogP contribution in [0.4, 0.5) is 0 Å². The van der Waals surface area contributed by atoms with Crippen LogP contribution in [0.3, 0.4) is 0 Å². The smallest absolute Gasteiger partial charge is 0.280 e. The van der Waals surface area contributed by atoms with E-state index < -0.39 is 6.10 Å². The van der Waals surface area contributed by atoms with Crippen LogP contribution in [0.25, 0.3) is 0 Å². The fraction of sp³-hybridized carbons (Fsp3) is 0.500. The van der Waals surface area contributed by atoms with Gasteiger partial charge in [0.1, 0.15) is 5.75 Å². The molecular weight excluding hydrogens is 323 g/mol. The Morgan fingerprint density at radius 3 is 2.77 bits per heavy atom. The van der Waals surface area contributed by atoms with Crippen LogP contribution in [0.5, 0.6) is 5.75 Å². The Bertz CT molecular complexity index is 543. The summed E-state index contributed by atoms with van der Waals surface area (Å²) in [6, 6.07) is 4.87. The molecule has 1 saturated carbocycles. The highest BCUT2D eigenvalue weighted by molar-refractivity contribution is 6.35. The maximum absolute atomic E-state index is 11.9. The van der Waals surface area contributed by atoms with E-state index in [1.165, 1.54) is 19.3 Å². The maximum atomic E-state index is 11.9. The standard InChI is InChI=1S/C16H20Cl2N2O2/c1-11(22-15-8-7-13(17)9-14(15)18)16(21)20-19-10-12-5-3-2-4-6-12/h7-12H,2-6H2,1H3,(H,20,21)/b19-10+. The monoisotopic (exact) mass is 342 g/mol. The minimum atomic E-state index is -0.692. The molecule has 1 aliphatic rings. The molecule has 1 aromatic rings. The quantitative estimate of drug-likeness (QED) is 0.635. The maximum Gasteiger partial charge on any atom is 0.280 e. The van der Waals surface area contributed by atoms with Crippen molar-refractivity contribution < 1.29 is 9.53 Å². The van der Waals surface area contributed by atoms with Crippen molar-refractivity contribution in [3.8, 4) is 5.75 Å². The summed E-state index contributed by atoms with van der Waals surface area (Å²) in [4.78, 5) is 11.9. The third kappa shape index (κ3) is 5.18. The molecule has 2 rings (SSSR count). The van der Waals surface area contributed by atoms with Crippen molar-refractivity contribution in [3.05, 3.63) is 28.2 Å². The van der Waals surface area contributed by atoms with Gasteiger partial charge in [-0.3, -0.25) is 4.79 Å². The second-order valence-corrected chi connectivity index (χ2v) is 6.33. The molecule has 1 unspecified atom stereocenters. The number of rotatable bonds is 5. The number of carbonyl (C=O) groups is 1. The van der Waals surface area contributed by atoms with Gasteiger partial charge in [0.15, 0.2) is 6.10 Å². The molecule has 4 nitrogen and oxygen atoms in total. The number of hydrogen-bond donors (Lipinski definition) is 1. The van der Waals surface area contributed by atoms with E-state index in [0.717, 1.165) is 12.8 Å². The lowest BCUT2D eigenvalue weighted by Crippen LogP contribution is -2.33. The summed E-state index contributed by atoms with van der Waals surface area (Å²) < 4.78 is 5.53. The lowest BCUT2D eigenvalue weighted by molar-refractivity contribution is -0.127. The summed E-state index contributed by atoms with van der Waals surface area (Å²) in [5.74, 6) is 0.582. The predicted molar refractivity (Wildman–Crippen MR) is 89.8 cm³/mol. The number of ether oxygens (including phenoxy) is 1. The molecule has 1 fully saturated rings. The zero-order valence-electron chi connectivity index (χ0n) is 12.5. The van der Waals surface area contributed by atoms with Crippen molar-refractivity contribution >= 4 is 35.3 Å². The Kier molecular flexibility index (Phi) is 6.52. The molecule has 6 heteroatoms. The van der Waals surface area contributed by atoms with Crippen LogP contribution in [0.2, 0.25) is 10.0 Å². The molecule has 0 spiro atoms. The van der Waals surface area contributed by atoms with E-state index in [0.29, 0.717) is 21.7 Å². The molecule has 0 aliphatic heterocycles. The highest BCUT2D eigenvalue weighted by Gasteiger charge is 2.16. The first-order valence-electron chi connectivity index (χ1n) is 7.51. The third-order valence-corrected chi connectivity index (χ3v) is 4.21. The normalized spacial score (nSPS) is 17.4. The largest absolute Gasteiger partial charge is 0.479 e. The molecule has 1 aliphatic carbocycles. The van der Waals surface area contributed by atoms with E-state index in [4.69, 9.17) is 27.9 Å². The molecule has 1 atom stereocenters. The van der Waals surface area contributed by atoms with Crippen LogP contribution in [0, 0.1) is 5.92 Å². The van der Waals surface area contributed by atoms with Crippen LogP contribution in [-0.2, 0) is 4.79 Å². The van der Waals surface area contributed by atoms with Crippen molar-refractivity contribution in [1.29, 1.82) is 0 Å². The van der Waals surface area contributed by atoms with Crippen LogP contribution in [0.15, 0.2) is 23.3 Å². The highest BCUT2D eigenvalue weighted by Crippen LogP contribution is 2.28. The number of benzene rings is 1. The summed E-state index contributed by atoms with van der Waals surface area (Å²) in [5, 5.41) is 4.93. The predicted octanol–water partition coefficient (Wildman–Crippen LogP) is 4.44. The molecule has 22 heavy (non-hydrogen) atoms. The zero-order chi connectivity index (χ0) is 15.9. The van der Waals surface area contributed by atoms with E-state index in [1.54, 1.807) is 25.1 Å². The molecule has 0 heterocycles. The average molecular weight is 343 g/mol. The van der Waals surface area contributed by atoms with Gasteiger partial charge in [-0.2, -0.15) is 5.10 Å². The summed E-state index contributed by atoms with van der Waals surface area (Å²) >= 11 is 11.8. The lowest BCUT2D eigenvalue weighted by atomic mass is 9.90. The Labute approximate surface area is 140 Å². The van der Waals surface area contributed by atoms with Crippen molar-refractivity contribution in [3.63, 3.8) is 0 Å². The van der Waals surface area contributed by atoms with E-state index in [9.17, 15) is 4.79 Å². The van der Waals surface area contributed by atoms with Crippen molar-refractivity contribution in [1.82, 2.24) is 5.43 Å². The van der Waals surface area contributed by atoms with Gasteiger partial charge in [0.05, 0.1) is 5.02 Å². The fourth-order valence-electron chi connectivity index (χ4n) is 2.40. The van der Waals surface area contributed by atoms with E-state index in [-0.39, 0.29) is 5.91 Å². The first-order chi connectivity index (χ1) is 10.6. The Morgan fingerprint density at radius 1 is 1.36 bits per heavy atom. The number of hydrogen-bond acceptors (Lipinski definition) is 3. The third-order valence-electron chi connectivity index (χ3n) is 3.68. The van der Waals surface area contributed by atoms with Crippen molar-refractivity contribution in [2.45, 2.75) is 45.1 Å². The van der Waals surface area contributed by atoms with Gasteiger partial charge in [0, 0.05) is 11.2 Å². The molecule has 120 valence electrons. The van der Waals surface area contributed by atoms with Crippen molar-refractivity contribution in [2.75, 3.05) is 0 Å². The van der Waals surface area contributed by atoms with Crippen LogP contribution < -0.4 is 10.2 Å². The fourth-order valence-corrected chi connectivity index (χ4v) is 2.85. The van der Waals surface area contributed by atoms with Gasteiger partial charge < -0.3 is 4.74 Å². The molecule has 0 aromatic heterocycles. The Balaban J connectivity index is 1.82. The number of amides is 1. The van der Waals surface area contributed by atoms with E-state index in [1.807, 2.05) is 6.21 Å². The summed E-state index contributed by atoms with van der Waals surface area (Å²) in [5.41, 5.74) is 2.52. The minimum absolute atomic E-state index is 0.307. The molecule has 0 saturated heterocycles. The molecule has 1 aromatic carbocycles. The van der Waals surface area contributed by atoms with Gasteiger partial charge in [0.2, 0.25) is 0 Å². The second kappa shape index (κ2) is 8.39. The van der Waals surface area contributed by atoms with Gasteiger partial charge in [-0.15, -0.1) is 0 Å². The van der Waals surface area contributed by atoms with Crippen LogP contribution in [0.1, 0.15) is 39.0 Å². The first kappa shape index (κ1) is 17.1. The van der Waals surface area contributed by atoms with E-state index >= 15 is 0 Å². The summed E-state index contributed by atoms with van der Waals surface area (Å²) in [7, 11) is 0. The summed E-state index contributed by atoms with van der Waals surface area (Å²) in [6.45, 7) is 1.65. The molecule has 0 bridgehead atoms. The van der Waals surface area contributed by atoms with Gasteiger partial charge in [-0.05, 0) is 43.9 Å². The SMILES string of the molecule is CC(Oc1ccc(Cl)cc1Cl)C(=O)N/N=C/C1CCCCC1. The minimum Gasteiger partial charge on any atom is -0.479 e. The first-order valence-corrected chi connectivity index (χ1v) is 8.26. The van der Waals surface area contributed by atoms with Gasteiger partial charge >= 0.3 is 0 Å².